The van der Waals surface area contributed by atoms with Gasteiger partial charge in [-0.25, -0.2) is 4.39 Å². The van der Waals surface area contributed by atoms with Crippen molar-refractivity contribution >= 4 is 0 Å². The molecule has 4 nitrogen and oxygen atoms in total. The van der Waals surface area contributed by atoms with Gasteiger partial charge in [0.2, 0.25) is 0 Å². The molecule has 1 aliphatic heterocycles. The van der Waals surface area contributed by atoms with Crippen LogP contribution < -0.4 is 5.56 Å². The van der Waals surface area contributed by atoms with E-state index in [2.05, 4.69) is 13.8 Å². The standard InChI is InChI=1S/C23H30FNO3/c1-5-6-18(17-7-8-21(24)14(2)9-17)15(3)11-25-16(4)10-19-20(23(25)27)12-28-13-22(19)26/h8-10,15,22,26H,5-7,11-13H2,1-4H3/b18-17+/t15?,22-/m1/s1. The van der Waals surface area contributed by atoms with Gasteiger partial charge < -0.3 is 14.4 Å². The van der Waals surface area contributed by atoms with E-state index in [9.17, 15) is 14.3 Å². The fourth-order valence-corrected chi connectivity index (χ4v) is 4.22. The molecule has 1 aliphatic carbocycles. The van der Waals surface area contributed by atoms with Gasteiger partial charge in [-0.05, 0) is 61.5 Å². The van der Waals surface area contributed by atoms with Crippen LogP contribution in [-0.4, -0.2) is 16.3 Å². The summed E-state index contributed by atoms with van der Waals surface area (Å²) < 4.78 is 20.9. The second-order valence-electron chi connectivity index (χ2n) is 7.95. The molecule has 2 atom stereocenters. The van der Waals surface area contributed by atoms with Crippen LogP contribution in [0.5, 0.6) is 0 Å². The number of allylic oxidation sites excluding steroid dienone is 6. The Balaban J connectivity index is 1.95. The smallest absolute Gasteiger partial charge is 0.256 e. The molecule has 0 saturated heterocycles. The Morgan fingerprint density at radius 3 is 2.86 bits per heavy atom. The highest BCUT2D eigenvalue weighted by atomic mass is 19.1. The maximum absolute atomic E-state index is 13.7. The van der Waals surface area contributed by atoms with Gasteiger partial charge in [-0.1, -0.05) is 31.9 Å². The van der Waals surface area contributed by atoms with E-state index >= 15 is 0 Å². The van der Waals surface area contributed by atoms with Crippen molar-refractivity contribution in [1.82, 2.24) is 4.57 Å². The van der Waals surface area contributed by atoms with Crippen LogP contribution in [0.2, 0.25) is 0 Å². The zero-order valence-corrected chi connectivity index (χ0v) is 17.2. The number of aromatic nitrogens is 1. The Hall–Kier alpha value is -1.98. The quantitative estimate of drug-likeness (QED) is 0.800. The summed E-state index contributed by atoms with van der Waals surface area (Å²) in [5.41, 5.74) is 5.12. The van der Waals surface area contributed by atoms with Crippen molar-refractivity contribution in [3.8, 4) is 0 Å². The van der Waals surface area contributed by atoms with Crippen molar-refractivity contribution < 1.29 is 14.2 Å². The molecule has 1 aromatic heterocycles. The highest BCUT2D eigenvalue weighted by molar-refractivity contribution is 5.42. The van der Waals surface area contributed by atoms with Gasteiger partial charge >= 0.3 is 0 Å². The van der Waals surface area contributed by atoms with E-state index < -0.39 is 6.10 Å². The zero-order chi connectivity index (χ0) is 20.4. The number of rotatable bonds is 5. The SMILES string of the molecule is CCC/C(=C1\C=C(C)C(F)=CC1)C(C)Cn1c(C)cc2c(c1=O)COC[C@H]2O. The number of ether oxygens (including phenoxy) is 1. The van der Waals surface area contributed by atoms with E-state index in [0.717, 1.165) is 24.1 Å². The Labute approximate surface area is 166 Å². The molecule has 2 aliphatic rings. The van der Waals surface area contributed by atoms with E-state index in [1.807, 2.05) is 19.1 Å². The highest BCUT2D eigenvalue weighted by Crippen LogP contribution is 2.31. The van der Waals surface area contributed by atoms with Gasteiger partial charge in [0.05, 0.1) is 13.2 Å². The Morgan fingerprint density at radius 1 is 1.43 bits per heavy atom. The van der Waals surface area contributed by atoms with Crippen molar-refractivity contribution in [2.24, 2.45) is 5.92 Å². The van der Waals surface area contributed by atoms with Crippen molar-refractivity contribution in [1.29, 1.82) is 0 Å². The molecule has 3 rings (SSSR count). The number of halogens is 1. The average molecular weight is 387 g/mol. The van der Waals surface area contributed by atoms with Crippen molar-refractivity contribution in [3.05, 3.63) is 67.9 Å². The predicted molar refractivity (Wildman–Crippen MR) is 109 cm³/mol. The molecule has 0 spiro atoms. The lowest BCUT2D eigenvalue weighted by Crippen LogP contribution is -2.33. The van der Waals surface area contributed by atoms with Gasteiger partial charge in [0.25, 0.3) is 5.56 Å². The second-order valence-corrected chi connectivity index (χ2v) is 7.95. The second kappa shape index (κ2) is 8.58. The number of hydrogen-bond acceptors (Lipinski definition) is 3. The topological polar surface area (TPSA) is 51.5 Å². The fraction of sp³-hybridized carbons (Fsp3) is 0.522. The molecule has 0 amide bonds. The molecule has 0 saturated carbocycles. The average Bonchev–Trinajstić information content (AvgIpc) is 2.66. The van der Waals surface area contributed by atoms with Gasteiger partial charge in [-0.2, -0.15) is 0 Å². The van der Waals surface area contributed by atoms with Crippen molar-refractivity contribution in [2.45, 2.75) is 66.2 Å². The summed E-state index contributed by atoms with van der Waals surface area (Å²) in [6, 6.07) is 1.91. The summed E-state index contributed by atoms with van der Waals surface area (Å²) in [6.45, 7) is 9.01. The largest absolute Gasteiger partial charge is 0.386 e. The first kappa shape index (κ1) is 20.7. The molecule has 2 heterocycles. The first-order chi connectivity index (χ1) is 13.3. The van der Waals surface area contributed by atoms with E-state index in [4.69, 9.17) is 4.74 Å². The minimum absolute atomic E-state index is 0.0808. The van der Waals surface area contributed by atoms with Gasteiger partial charge in [0, 0.05) is 17.8 Å². The number of pyridine rings is 1. The summed E-state index contributed by atoms with van der Waals surface area (Å²) >= 11 is 0. The summed E-state index contributed by atoms with van der Waals surface area (Å²) in [5.74, 6) is 0.00463. The maximum atomic E-state index is 13.7. The molecule has 0 bridgehead atoms. The van der Waals surface area contributed by atoms with Gasteiger partial charge in [-0.15, -0.1) is 0 Å². The van der Waals surface area contributed by atoms with Crippen LogP contribution in [0, 0.1) is 12.8 Å². The van der Waals surface area contributed by atoms with E-state index in [1.54, 1.807) is 17.6 Å². The van der Waals surface area contributed by atoms with E-state index in [1.165, 1.54) is 5.57 Å². The zero-order valence-electron chi connectivity index (χ0n) is 17.2. The molecule has 5 heteroatoms. The van der Waals surface area contributed by atoms with Crippen LogP contribution in [0.25, 0.3) is 0 Å². The van der Waals surface area contributed by atoms with Gasteiger partial charge in [0.1, 0.15) is 11.9 Å². The molecule has 0 radical (unpaired) electrons. The van der Waals surface area contributed by atoms with E-state index in [-0.39, 0.29) is 30.5 Å². The van der Waals surface area contributed by atoms with Crippen LogP contribution in [-0.2, 0) is 17.9 Å². The molecule has 1 unspecified atom stereocenters. The van der Waals surface area contributed by atoms with Crippen molar-refractivity contribution in [3.63, 3.8) is 0 Å². The predicted octanol–water partition coefficient (Wildman–Crippen LogP) is 4.66. The molecular weight excluding hydrogens is 357 g/mol. The molecule has 1 N–H and O–H groups in total. The van der Waals surface area contributed by atoms with E-state index in [0.29, 0.717) is 29.7 Å². The minimum atomic E-state index is -0.739. The monoisotopic (exact) mass is 387 g/mol. The number of fused-ring (bicyclic) bond motifs is 1. The maximum Gasteiger partial charge on any atom is 0.256 e. The van der Waals surface area contributed by atoms with Crippen LogP contribution >= 0.6 is 0 Å². The number of aliphatic hydroxyl groups excluding tert-OH is 1. The van der Waals surface area contributed by atoms with Gasteiger partial charge in [-0.3, -0.25) is 4.79 Å². The molecule has 28 heavy (non-hydrogen) atoms. The molecule has 0 fully saturated rings. The summed E-state index contributed by atoms with van der Waals surface area (Å²) in [5, 5.41) is 10.1. The molecule has 0 aromatic carbocycles. The fourth-order valence-electron chi connectivity index (χ4n) is 4.22. The molecule has 152 valence electrons. The molecule has 1 aromatic rings. The van der Waals surface area contributed by atoms with Gasteiger partial charge in [0.15, 0.2) is 0 Å². The first-order valence-electron chi connectivity index (χ1n) is 10.1. The van der Waals surface area contributed by atoms with Crippen LogP contribution in [0.4, 0.5) is 4.39 Å². The highest BCUT2D eigenvalue weighted by Gasteiger charge is 2.24. The Morgan fingerprint density at radius 2 is 2.18 bits per heavy atom. The first-order valence-corrected chi connectivity index (χ1v) is 10.1. The number of hydrogen-bond donors (Lipinski definition) is 1. The van der Waals surface area contributed by atoms with Crippen LogP contribution in [0.3, 0.4) is 0 Å². The summed E-state index contributed by atoms with van der Waals surface area (Å²) in [7, 11) is 0. The lowest BCUT2D eigenvalue weighted by atomic mass is 9.87. The lowest BCUT2D eigenvalue weighted by molar-refractivity contribution is 0.00859. The third-order valence-corrected chi connectivity index (χ3v) is 5.77. The number of nitrogens with zero attached hydrogens (tertiary/aromatic N) is 1. The number of aliphatic hydroxyl groups is 1. The van der Waals surface area contributed by atoms with Crippen molar-refractivity contribution in [2.75, 3.05) is 6.61 Å². The summed E-state index contributed by atoms with van der Waals surface area (Å²) in [4.78, 5) is 13.1. The minimum Gasteiger partial charge on any atom is -0.386 e. The summed E-state index contributed by atoms with van der Waals surface area (Å²) in [6.07, 6.45) is 5.38. The van der Waals surface area contributed by atoms with Crippen LogP contribution in [0.1, 0.15) is 63.0 Å². The number of aryl methyl sites for hydroxylation is 1. The third-order valence-electron chi connectivity index (χ3n) is 5.77. The molecular formula is C23H30FNO3. The Bertz CT molecular complexity index is 907. The normalized spacial score (nSPS) is 22.3. The van der Waals surface area contributed by atoms with Crippen LogP contribution in [0.15, 0.2) is 45.6 Å². The lowest BCUT2D eigenvalue weighted by Gasteiger charge is -2.26. The Kier molecular flexibility index (Phi) is 6.36. The third kappa shape index (κ3) is 4.06.